The number of likely N-dealkylation sites (tertiary alicyclic amines) is 1. The molecule has 0 saturated carbocycles. The van der Waals surface area contributed by atoms with Crippen molar-refractivity contribution < 1.29 is 22.7 Å². The molecule has 0 atom stereocenters. The number of piperidine rings is 1. The number of benzene rings is 2. The smallest absolute Gasteiger partial charge is 0.331 e. The Morgan fingerprint density at radius 3 is 2.45 bits per heavy atom. The standard InChI is InChI=1S/C25H28N2O5S/c1-19-12-15-26(16-13-19)24(28)18-32-25(29)11-8-20-6-9-22(10-7-20)33(30,31)27-17-14-21-4-2-3-5-23(21)27/h2-11,19H,12-18H2,1H3/b11-8+. The Hall–Kier alpha value is -3.13. The van der Waals surface area contributed by atoms with Crippen LogP contribution in [0.2, 0.25) is 0 Å². The van der Waals surface area contributed by atoms with Gasteiger partial charge >= 0.3 is 5.97 Å². The van der Waals surface area contributed by atoms with Crippen LogP contribution in [0.15, 0.2) is 59.5 Å². The molecule has 0 aromatic heterocycles. The van der Waals surface area contributed by atoms with Gasteiger partial charge in [0.15, 0.2) is 6.61 Å². The van der Waals surface area contributed by atoms with E-state index < -0.39 is 16.0 Å². The Morgan fingerprint density at radius 1 is 1.03 bits per heavy atom. The van der Waals surface area contributed by atoms with Crippen molar-refractivity contribution in [2.45, 2.75) is 31.1 Å². The number of rotatable bonds is 6. The monoisotopic (exact) mass is 468 g/mol. The van der Waals surface area contributed by atoms with Crippen LogP contribution >= 0.6 is 0 Å². The molecule has 1 amide bonds. The highest BCUT2D eigenvalue weighted by Gasteiger charge is 2.30. The maximum Gasteiger partial charge on any atom is 0.331 e. The number of nitrogens with zero attached hydrogens (tertiary/aromatic N) is 2. The minimum atomic E-state index is -3.66. The van der Waals surface area contributed by atoms with Crippen molar-refractivity contribution in [2.75, 3.05) is 30.5 Å². The molecule has 2 aliphatic rings. The maximum absolute atomic E-state index is 13.1. The number of anilines is 1. The van der Waals surface area contributed by atoms with Crippen molar-refractivity contribution in [2.24, 2.45) is 5.92 Å². The second-order valence-electron chi connectivity index (χ2n) is 8.53. The SMILES string of the molecule is CC1CCN(C(=O)COC(=O)/C=C/c2ccc(S(=O)(=O)N3CCc4ccccc43)cc2)CC1. The van der Waals surface area contributed by atoms with Gasteiger partial charge in [-0.15, -0.1) is 0 Å². The number of esters is 1. The molecule has 0 spiro atoms. The quantitative estimate of drug-likeness (QED) is 0.480. The number of hydrogen-bond acceptors (Lipinski definition) is 5. The highest BCUT2D eigenvalue weighted by molar-refractivity contribution is 7.92. The van der Waals surface area contributed by atoms with Crippen molar-refractivity contribution in [1.82, 2.24) is 4.90 Å². The zero-order chi connectivity index (χ0) is 23.4. The Labute approximate surface area is 194 Å². The van der Waals surface area contributed by atoms with Gasteiger partial charge in [0, 0.05) is 25.7 Å². The van der Waals surface area contributed by atoms with E-state index in [4.69, 9.17) is 4.74 Å². The number of sulfonamides is 1. The predicted molar refractivity (Wildman–Crippen MR) is 126 cm³/mol. The first-order valence-corrected chi connectivity index (χ1v) is 12.6. The first-order chi connectivity index (χ1) is 15.8. The Morgan fingerprint density at radius 2 is 1.73 bits per heavy atom. The van der Waals surface area contributed by atoms with E-state index in [1.165, 1.54) is 28.6 Å². The summed E-state index contributed by atoms with van der Waals surface area (Å²) < 4.78 is 32.6. The van der Waals surface area contributed by atoms with Crippen molar-refractivity contribution in [3.63, 3.8) is 0 Å². The second-order valence-corrected chi connectivity index (χ2v) is 10.4. The number of para-hydroxylation sites is 1. The van der Waals surface area contributed by atoms with E-state index in [2.05, 4.69) is 6.92 Å². The van der Waals surface area contributed by atoms with Gasteiger partial charge in [0.25, 0.3) is 15.9 Å². The molecule has 0 bridgehead atoms. The molecule has 4 rings (SSSR count). The van der Waals surface area contributed by atoms with Gasteiger partial charge in [0.05, 0.1) is 10.6 Å². The lowest BCUT2D eigenvalue weighted by Crippen LogP contribution is -2.40. The normalized spacial score (nSPS) is 16.8. The minimum absolute atomic E-state index is 0.179. The van der Waals surface area contributed by atoms with Crippen molar-refractivity contribution >= 4 is 33.7 Å². The molecule has 174 valence electrons. The third-order valence-corrected chi connectivity index (χ3v) is 8.03. The third-order valence-electron chi connectivity index (χ3n) is 6.20. The van der Waals surface area contributed by atoms with Crippen LogP contribution in [-0.4, -0.2) is 51.4 Å². The van der Waals surface area contributed by atoms with Crippen LogP contribution in [0, 0.1) is 5.92 Å². The summed E-state index contributed by atoms with van der Waals surface area (Å²) in [7, 11) is -3.66. The molecule has 1 fully saturated rings. The van der Waals surface area contributed by atoms with E-state index in [0.717, 1.165) is 24.1 Å². The Kier molecular flexibility index (Phi) is 6.83. The molecule has 0 aliphatic carbocycles. The number of amides is 1. The summed E-state index contributed by atoms with van der Waals surface area (Å²) in [5.74, 6) is -0.173. The Bertz CT molecular complexity index is 1150. The van der Waals surface area contributed by atoms with Crippen molar-refractivity contribution in [3.05, 3.63) is 65.7 Å². The number of carbonyl (C=O) groups is 2. The lowest BCUT2D eigenvalue weighted by atomic mass is 9.99. The van der Waals surface area contributed by atoms with Gasteiger partial charge in [-0.25, -0.2) is 13.2 Å². The van der Waals surface area contributed by atoms with Crippen molar-refractivity contribution in [3.8, 4) is 0 Å². The zero-order valence-electron chi connectivity index (χ0n) is 18.6. The van der Waals surface area contributed by atoms with E-state index in [1.54, 1.807) is 17.0 Å². The fourth-order valence-electron chi connectivity index (χ4n) is 4.13. The number of hydrogen-bond donors (Lipinski definition) is 0. The number of carbonyl (C=O) groups excluding carboxylic acids is 2. The number of fused-ring (bicyclic) bond motifs is 1. The highest BCUT2D eigenvalue weighted by Crippen LogP contribution is 2.32. The zero-order valence-corrected chi connectivity index (χ0v) is 19.5. The summed E-state index contributed by atoms with van der Waals surface area (Å²) in [5.41, 5.74) is 2.40. The molecular formula is C25H28N2O5S. The van der Waals surface area contributed by atoms with Crippen LogP contribution in [0.3, 0.4) is 0 Å². The second kappa shape index (κ2) is 9.79. The lowest BCUT2D eigenvalue weighted by molar-refractivity contribution is -0.148. The average molecular weight is 469 g/mol. The third kappa shape index (κ3) is 5.27. The molecule has 8 heteroatoms. The van der Waals surface area contributed by atoms with Gasteiger partial charge in [0.2, 0.25) is 0 Å². The average Bonchev–Trinajstić information content (AvgIpc) is 3.27. The molecule has 2 aliphatic heterocycles. The largest absolute Gasteiger partial charge is 0.452 e. The molecule has 2 aromatic rings. The fourth-order valence-corrected chi connectivity index (χ4v) is 5.63. The summed E-state index contributed by atoms with van der Waals surface area (Å²) in [4.78, 5) is 26.1. The van der Waals surface area contributed by atoms with Gasteiger partial charge in [-0.1, -0.05) is 37.3 Å². The Balaban J connectivity index is 1.33. The van der Waals surface area contributed by atoms with E-state index in [1.807, 2.05) is 24.3 Å². The van der Waals surface area contributed by atoms with E-state index >= 15 is 0 Å². The van der Waals surface area contributed by atoms with E-state index in [9.17, 15) is 18.0 Å². The first-order valence-electron chi connectivity index (χ1n) is 11.2. The fraction of sp³-hybridized carbons (Fsp3) is 0.360. The molecule has 0 N–H and O–H groups in total. The van der Waals surface area contributed by atoms with Gasteiger partial charge in [-0.3, -0.25) is 9.10 Å². The predicted octanol–water partition coefficient (Wildman–Crippen LogP) is 3.25. The van der Waals surface area contributed by atoms with Crippen LogP contribution in [-0.2, 0) is 30.8 Å². The summed E-state index contributed by atoms with van der Waals surface area (Å²) >= 11 is 0. The van der Waals surface area contributed by atoms with Crippen LogP contribution < -0.4 is 4.31 Å². The van der Waals surface area contributed by atoms with E-state index in [0.29, 0.717) is 37.5 Å². The molecule has 0 radical (unpaired) electrons. The molecule has 33 heavy (non-hydrogen) atoms. The van der Waals surface area contributed by atoms with Crippen LogP contribution in [0.4, 0.5) is 5.69 Å². The molecular weight excluding hydrogens is 440 g/mol. The van der Waals surface area contributed by atoms with Crippen molar-refractivity contribution in [1.29, 1.82) is 0 Å². The van der Waals surface area contributed by atoms with Gasteiger partial charge < -0.3 is 9.64 Å². The minimum Gasteiger partial charge on any atom is -0.452 e. The molecule has 2 heterocycles. The van der Waals surface area contributed by atoms with Crippen LogP contribution in [0.5, 0.6) is 0 Å². The van der Waals surface area contributed by atoms with Crippen LogP contribution in [0.25, 0.3) is 6.08 Å². The molecule has 0 unspecified atom stereocenters. The first kappa shape index (κ1) is 23.0. The van der Waals surface area contributed by atoms with Gasteiger partial charge in [-0.05, 0) is 60.6 Å². The van der Waals surface area contributed by atoms with E-state index in [-0.39, 0.29) is 17.4 Å². The summed E-state index contributed by atoms with van der Waals surface area (Å²) in [6, 6.07) is 13.8. The molecule has 2 aromatic carbocycles. The maximum atomic E-state index is 13.1. The summed E-state index contributed by atoms with van der Waals surface area (Å²) in [6.07, 6.45) is 5.41. The summed E-state index contributed by atoms with van der Waals surface area (Å²) in [6.45, 7) is 3.72. The molecule has 1 saturated heterocycles. The highest BCUT2D eigenvalue weighted by atomic mass is 32.2. The van der Waals surface area contributed by atoms with Crippen LogP contribution in [0.1, 0.15) is 30.9 Å². The van der Waals surface area contributed by atoms with Gasteiger partial charge in [0.1, 0.15) is 0 Å². The topological polar surface area (TPSA) is 84.0 Å². The number of ether oxygens (including phenoxy) is 1. The molecule has 7 nitrogen and oxygen atoms in total. The van der Waals surface area contributed by atoms with Gasteiger partial charge in [-0.2, -0.15) is 0 Å². The summed E-state index contributed by atoms with van der Waals surface area (Å²) in [5, 5.41) is 0. The lowest BCUT2D eigenvalue weighted by Gasteiger charge is -2.30.